The highest BCUT2D eigenvalue weighted by Gasteiger charge is 2.22. The molecule has 7 heteroatoms. The van der Waals surface area contributed by atoms with E-state index in [-0.39, 0.29) is 17.0 Å². The lowest BCUT2D eigenvalue weighted by Gasteiger charge is -1.97. The van der Waals surface area contributed by atoms with Crippen molar-refractivity contribution in [1.29, 1.82) is 0 Å². The molecule has 1 heterocycles. The molecule has 0 bridgehead atoms. The molecular weight excluding hydrogens is 301 g/mol. The summed E-state index contributed by atoms with van der Waals surface area (Å²) in [4.78, 5) is 0. The Kier molecular flexibility index (Phi) is 10.5. The minimum atomic E-state index is -4.12. The van der Waals surface area contributed by atoms with E-state index in [9.17, 15) is 13.2 Å². The smallest absolute Gasteiger partial charge is 0.381 e. The third-order valence-electron chi connectivity index (χ3n) is 1.75. The van der Waals surface area contributed by atoms with Crippen LogP contribution in [-0.4, -0.2) is 22.5 Å². The highest BCUT2D eigenvalue weighted by molar-refractivity contribution is 4.61. The molecule has 0 aliphatic rings. The Bertz CT molecular complexity index is 289. The Morgan fingerprint density at radius 3 is 2.24 bits per heavy atom. The summed E-state index contributed by atoms with van der Waals surface area (Å²) in [6, 6.07) is 0. The van der Waals surface area contributed by atoms with Crippen LogP contribution < -0.4 is 21.5 Å². The van der Waals surface area contributed by atoms with Gasteiger partial charge in [-0.05, 0) is 6.42 Å². The number of rotatable bonds is 4. The summed E-state index contributed by atoms with van der Waals surface area (Å²) in [6.07, 6.45) is 4.69. The van der Waals surface area contributed by atoms with E-state index < -0.39 is 12.8 Å². The van der Waals surface area contributed by atoms with Gasteiger partial charge in [0.1, 0.15) is 12.4 Å². The number of aromatic nitrogens is 2. The predicted molar refractivity (Wildman–Crippen MR) is 53.7 cm³/mol. The van der Waals surface area contributed by atoms with E-state index in [0.29, 0.717) is 0 Å². The van der Waals surface area contributed by atoms with Gasteiger partial charge in [-0.15, -0.1) is 0 Å². The van der Waals surface area contributed by atoms with Gasteiger partial charge in [-0.1, -0.05) is 13.3 Å². The lowest BCUT2D eigenvalue weighted by Crippen LogP contribution is -3.00. The van der Waals surface area contributed by atoms with Crippen LogP contribution in [0, 0.1) is 0 Å². The summed E-state index contributed by atoms with van der Waals surface area (Å²) in [5.41, 5.74) is 0. The molecule has 0 amide bonds. The van der Waals surface area contributed by atoms with Crippen molar-refractivity contribution >= 4 is 0 Å². The summed E-state index contributed by atoms with van der Waals surface area (Å²) >= 11 is 0. The number of nitrogens with zero attached hydrogens (tertiary/aromatic N) is 2. The molecule has 0 saturated heterocycles. The highest BCUT2D eigenvalue weighted by atomic mass is 79.9. The van der Waals surface area contributed by atoms with Crippen LogP contribution in [-0.2, 0) is 13.6 Å². The van der Waals surface area contributed by atoms with Gasteiger partial charge in [-0.2, -0.15) is 8.78 Å². The number of hydrogen-bond donors (Lipinski definition) is 1. The molecule has 3 nitrogen and oxygen atoms in total. The Labute approximate surface area is 110 Å². The molecule has 1 aromatic heterocycles. The number of aliphatic hydroxyl groups is 1. The van der Waals surface area contributed by atoms with Crippen LogP contribution in [0.2, 0.25) is 0 Å². The van der Waals surface area contributed by atoms with Crippen molar-refractivity contribution in [3.63, 3.8) is 0 Å². The van der Waals surface area contributed by atoms with Crippen molar-refractivity contribution in [2.75, 3.05) is 6.67 Å². The summed E-state index contributed by atoms with van der Waals surface area (Å²) in [7, 11) is 2.04. The van der Waals surface area contributed by atoms with E-state index >= 15 is 0 Å². The second-order valence-corrected chi connectivity index (χ2v) is 3.47. The SMILES string of the molecule is CCCC[n+]1ccn(C)c1.OC(F)(F)CF.[Br-]. The molecule has 1 N–H and O–H groups in total. The second kappa shape index (κ2) is 9.47. The van der Waals surface area contributed by atoms with Crippen molar-refractivity contribution in [3.8, 4) is 0 Å². The largest absolute Gasteiger partial charge is 1.00 e. The van der Waals surface area contributed by atoms with Crippen molar-refractivity contribution in [1.82, 2.24) is 4.57 Å². The van der Waals surface area contributed by atoms with Gasteiger partial charge < -0.3 is 22.1 Å². The fourth-order valence-electron chi connectivity index (χ4n) is 0.975. The summed E-state index contributed by atoms with van der Waals surface area (Å²) in [5.74, 6) is 0. The average molecular weight is 319 g/mol. The van der Waals surface area contributed by atoms with E-state index in [2.05, 4.69) is 34.8 Å². The number of halogens is 4. The summed E-state index contributed by atoms with van der Waals surface area (Å²) < 4.78 is 36.0. The van der Waals surface area contributed by atoms with Gasteiger partial charge in [0, 0.05) is 0 Å². The minimum Gasteiger partial charge on any atom is -1.00 e. The number of aryl methyl sites for hydroxylation is 2. The van der Waals surface area contributed by atoms with Gasteiger partial charge in [0.25, 0.3) is 0 Å². The molecular formula is C10H18BrF3N2O. The van der Waals surface area contributed by atoms with Crippen LogP contribution in [0.3, 0.4) is 0 Å². The van der Waals surface area contributed by atoms with Gasteiger partial charge in [-0.3, -0.25) is 0 Å². The van der Waals surface area contributed by atoms with Crippen LogP contribution >= 0.6 is 0 Å². The van der Waals surface area contributed by atoms with Crippen LogP contribution in [0.15, 0.2) is 18.7 Å². The number of hydrogen-bond acceptors (Lipinski definition) is 1. The van der Waals surface area contributed by atoms with Gasteiger partial charge in [0.05, 0.1) is 13.6 Å². The first-order valence-electron chi connectivity index (χ1n) is 5.06. The lowest BCUT2D eigenvalue weighted by atomic mass is 10.3. The maximum atomic E-state index is 10.6. The molecule has 0 fully saturated rings. The first-order valence-corrected chi connectivity index (χ1v) is 5.06. The summed E-state index contributed by atoms with van der Waals surface area (Å²) in [6.45, 7) is 1.35. The van der Waals surface area contributed by atoms with E-state index in [1.165, 1.54) is 12.8 Å². The molecule has 0 aliphatic heterocycles. The first kappa shape index (κ1) is 18.8. The molecule has 0 atom stereocenters. The Hall–Kier alpha value is -0.560. The standard InChI is InChI=1S/C8H15N2.C2H3F3O.BrH/c1-3-4-5-10-7-6-9(2)8-10;3-1-2(4,5)6;/h6-8H,3-5H2,1-2H3;6H,1H2;1H/q+1;;/p-1. The normalized spacial score (nSPS) is 10.2. The monoisotopic (exact) mass is 318 g/mol. The Morgan fingerprint density at radius 1 is 1.41 bits per heavy atom. The third-order valence-corrected chi connectivity index (χ3v) is 1.75. The molecule has 1 aromatic rings. The molecule has 1 rings (SSSR count). The molecule has 17 heavy (non-hydrogen) atoms. The number of unbranched alkanes of at least 4 members (excludes halogenated alkanes) is 1. The highest BCUT2D eigenvalue weighted by Crippen LogP contribution is 2.06. The van der Waals surface area contributed by atoms with Crippen LogP contribution in [0.4, 0.5) is 13.2 Å². The average Bonchev–Trinajstić information content (AvgIpc) is 2.61. The van der Waals surface area contributed by atoms with E-state index in [4.69, 9.17) is 5.11 Å². The molecule has 0 aliphatic carbocycles. The Morgan fingerprint density at radius 2 is 1.94 bits per heavy atom. The fourth-order valence-corrected chi connectivity index (χ4v) is 0.975. The molecule has 0 spiro atoms. The maximum Gasteiger partial charge on any atom is 0.381 e. The van der Waals surface area contributed by atoms with Crippen molar-refractivity contribution in [2.45, 2.75) is 32.4 Å². The second-order valence-electron chi connectivity index (χ2n) is 3.47. The quantitative estimate of drug-likeness (QED) is 0.684. The van der Waals surface area contributed by atoms with Crippen LogP contribution in [0.1, 0.15) is 19.8 Å². The van der Waals surface area contributed by atoms with Crippen molar-refractivity contribution < 1.29 is 39.8 Å². The maximum absolute atomic E-state index is 10.6. The van der Waals surface area contributed by atoms with Gasteiger partial charge in [0.2, 0.25) is 6.33 Å². The van der Waals surface area contributed by atoms with E-state index in [1.807, 2.05) is 7.05 Å². The molecule has 0 unspecified atom stereocenters. The van der Waals surface area contributed by atoms with Crippen molar-refractivity contribution in [2.24, 2.45) is 7.05 Å². The topological polar surface area (TPSA) is 29.0 Å². The predicted octanol–water partition coefficient (Wildman–Crippen LogP) is -1.34. The Balaban J connectivity index is 0. The molecule has 0 radical (unpaired) electrons. The third kappa shape index (κ3) is 11.7. The zero-order valence-corrected chi connectivity index (χ0v) is 11.5. The number of alkyl halides is 3. The summed E-state index contributed by atoms with van der Waals surface area (Å²) in [5, 5.41) is 7.12. The molecule has 0 saturated carbocycles. The zero-order chi connectivity index (χ0) is 12.6. The van der Waals surface area contributed by atoms with Crippen LogP contribution in [0.5, 0.6) is 0 Å². The zero-order valence-electron chi connectivity index (χ0n) is 9.91. The molecule has 102 valence electrons. The van der Waals surface area contributed by atoms with Gasteiger partial charge in [-0.25, -0.2) is 13.5 Å². The lowest BCUT2D eigenvalue weighted by molar-refractivity contribution is -0.696. The van der Waals surface area contributed by atoms with Gasteiger partial charge >= 0.3 is 6.11 Å². The van der Waals surface area contributed by atoms with E-state index in [1.54, 1.807) is 0 Å². The number of imidazole rings is 1. The minimum absolute atomic E-state index is 0. The first-order chi connectivity index (χ1) is 7.39. The van der Waals surface area contributed by atoms with Crippen LogP contribution in [0.25, 0.3) is 0 Å². The molecule has 0 aromatic carbocycles. The van der Waals surface area contributed by atoms with E-state index in [0.717, 1.165) is 6.54 Å². The fraction of sp³-hybridized carbons (Fsp3) is 0.700. The van der Waals surface area contributed by atoms with Crippen molar-refractivity contribution in [3.05, 3.63) is 18.7 Å². The van der Waals surface area contributed by atoms with Gasteiger partial charge in [0.15, 0.2) is 6.67 Å².